The summed E-state index contributed by atoms with van der Waals surface area (Å²) < 4.78 is 0. The van der Waals surface area contributed by atoms with Crippen LogP contribution in [0.25, 0.3) is 0 Å². The third-order valence-corrected chi connectivity index (χ3v) is 4.09. The predicted molar refractivity (Wildman–Crippen MR) is 98.8 cm³/mol. The average molecular weight is 316 g/mol. The zero-order valence-electron chi connectivity index (χ0n) is 14.8. The Kier molecular flexibility index (Phi) is 10.9. The topological polar surface area (TPSA) is 41.5 Å². The van der Waals surface area contributed by atoms with Crippen LogP contribution in [0.4, 0.5) is 0 Å². The van der Waals surface area contributed by atoms with Gasteiger partial charge >= 0.3 is 0 Å². The number of hydrogen-bond donors (Lipinski definition) is 1. The molecular weight excluding hydrogens is 284 g/mol. The second kappa shape index (κ2) is 12.9. The highest BCUT2D eigenvalue weighted by molar-refractivity contribution is 5.83. The van der Waals surface area contributed by atoms with Gasteiger partial charge in [-0.3, -0.25) is 4.79 Å². The maximum Gasteiger partial charge on any atom is 0.240 e. The summed E-state index contributed by atoms with van der Waals surface area (Å²) in [5.41, 5.74) is 4.81. The molecule has 0 atom stereocenters. The van der Waals surface area contributed by atoms with Crippen LogP contribution in [0.3, 0.4) is 0 Å². The first-order chi connectivity index (χ1) is 11.2. The van der Waals surface area contributed by atoms with Crippen molar-refractivity contribution in [3.63, 3.8) is 0 Å². The summed E-state index contributed by atoms with van der Waals surface area (Å²) in [6.07, 6.45) is 13.7. The SMILES string of the molecule is CCCCCCCCCCCC(=O)NN=Cc1ccccc1C. The molecular formula is C20H32N2O. The summed E-state index contributed by atoms with van der Waals surface area (Å²) in [6.45, 7) is 4.28. The van der Waals surface area contributed by atoms with E-state index in [1.807, 2.05) is 31.2 Å². The van der Waals surface area contributed by atoms with Crippen molar-refractivity contribution in [1.82, 2.24) is 5.43 Å². The largest absolute Gasteiger partial charge is 0.273 e. The molecule has 0 bridgehead atoms. The number of hydrazone groups is 1. The molecule has 0 heterocycles. The maximum absolute atomic E-state index is 11.7. The van der Waals surface area contributed by atoms with Gasteiger partial charge in [-0.2, -0.15) is 5.10 Å². The van der Waals surface area contributed by atoms with Crippen LogP contribution in [-0.4, -0.2) is 12.1 Å². The lowest BCUT2D eigenvalue weighted by Crippen LogP contribution is -2.16. The van der Waals surface area contributed by atoms with Gasteiger partial charge in [0, 0.05) is 6.42 Å². The highest BCUT2D eigenvalue weighted by Gasteiger charge is 1.99. The molecule has 1 aromatic carbocycles. The first kappa shape index (κ1) is 19.4. The van der Waals surface area contributed by atoms with E-state index in [1.54, 1.807) is 6.21 Å². The normalized spacial score (nSPS) is 11.0. The highest BCUT2D eigenvalue weighted by atomic mass is 16.2. The van der Waals surface area contributed by atoms with Crippen LogP contribution in [-0.2, 0) is 4.79 Å². The summed E-state index contributed by atoms with van der Waals surface area (Å²) in [5, 5.41) is 4.03. The van der Waals surface area contributed by atoms with Gasteiger partial charge in [-0.05, 0) is 24.5 Å². The fraction of sp³-hybridized carbons (Fsp3) is 0.600. The van der Waals surface area contributed by atoms with E-state index in [-0.39, 0.29) is 5.91 Å². The Morgan fingerprint density at radius 1 is 1.00 bits per heavy atom. The van der Waals surface area contributed by atoms with Crippen molar-refractivity contribution < 1.29 is 4.79 Å². The lowest BCUT2D eigenvalue weighted by Gasteiger charge is -2.02. The number of benzene rings is 1. The third kappa shape index (κ3) is 9.88. The van der Waals surface area contributed by atoms with Gasteiger partial charge < -0.3 is 0 Å². The molecule has 1 rings (SSSR count). The van der Waals surface area contributed by atoms with E-state index in [1.165, 1.54) is 44.9 Å². The van der Waals surface area contributed by atoms with Gasteiger partial charge in [-0.1, -0.05) is 82.6 Å². The van der Waals surface area contributed by atoms with Crippen LogP contribution < -0.4 is 5.43 Å². The van der Waals surface area contributed by atoms with E-state index in [4.69, 9.17) is 0 Å². The van der Waals surface area contributed by atoms with Crippen molar-refractivity contribution in [1.29, 1.82) is 0 Å². The number of nitrogens with one attached hydrogen (secondary N) is 1. The number of rotatable bonds is 12. The predicted octanol–water partition coefficient (Wildman–Crippen LogP) is 5.37. The Morgan fingerprint density at radius 3 is 2.26 bits per heavy atom. The van der Waals surface area contributed by atoms with Gasteiger partial charge in [0.25, 0.3) is 0 Å². The summed E-state index contributed by atoms with van der Waals surface area (Å²) in [7, 11) is 0. The number of amides is 1. The van der Waals surface area contributed by atoms with Gasteiger partial charge in [0.1, 0.15) is 0 Å². The molecule has 128 valence electrons. The molecule has 0 aliphatic heterocycles. The molecule has 0 aromatic heterocycles. The van der Waals surface area contributed by atoms with Crippen LogP contribution in [0.1, 0.15) is 82.3 Å². The molecule has 1 N–H and O–H groups in total. The van der Waals surface area contributed by atoms with Crippen LogP contribution in [0.2, 0.25) is 0 Å². The fourth-order valence-corrected chi connectivity index (χ4v) is 2.56. The molecule has 1 amide bonds. The van der Waals surface area contributed by atoms with Gasteiger partial charge in [0.2, 0.25) is 5.91 Å². The molecule has 0 aliphatic rings. The van der Waals surface area contributed by atoms with Crippen molar-refractivity contribution in [2.75, 3.05) is 0 Å². The standard InChI is InChI=1S/C20H32N2O/c1-3-4-5-6-7-8-9-10-11-16-20(23)22-21-17-19-15-13-12-14-18(19)2/h12-15,17H,3-11,16H2,1-2H3,(H,22,23). The quantitative estimate of drug-likeness (QED) is 0.314. The summed E-state index contributed by atoms with van der Waals surface area (Å²) >= 11 is 0. The number of carbonyl (C=O) groups is 1. The lowest BCUT2D eigenvalue weighted by molar-refractivity contribution is -0.121. The zero-order chi connectivity index (χ0) is 16.8. The van der Waals surface area contributed by atoms with Crippen molar-refractivity contribution in [3.05, 3.63) is 35.4 Å². The van der Waals surface area contributed by atoms with E-state index < -0.39 is 0 Å². The van der Waals surface area contributed by atoms with Crippen LogP contribution in [0.5, 0.6) is 0 Å². The molecule has 3 nitrogen and oxygen atoms in total. The van der Waals surface area contributed by atoms with Crippen LogP contribution in [0.15, 0.2) is 29.4 Å². The fourth-order valence-electron chi connectivity index (χ4n) is 2.56. The molecule has 3 heteroatoms. The second-order valence-electron chi connectivity index (χ2n) is 6.23. The second-order valence-corrected chi connectivity index (χ2v) is 6.23. The first-order valence-electron chi connectivity index (χ1n) is 9.11. The zero-order valence-corrected chi connectivity index (χ0v) is 14.8. The molecule has 0 saturated carbocycles. The molecule has 0 saturated heterocycles. The van der Waals surface area contributed by atoms with Gasteiger partial charge in [-0.15, -0.1) is 0 Å². The molecule has 0 fully saturated rings. The van der Waals surface area contributed by atoms with Crippen LogP contribution in [0, 0.1) is 6.92 Å². The average Bonchev–Trinajstić information content (AvgIpc) is 2.55. The van der Waals surface area contributed by atoms with Crippen LogP contribution >= 0.6 is 0 Å². The Bertz CT molecular complexity index is 468. The lowest BCUT2D eigenvalue weighted by atomic mass is 10.1. The molecule has 0 spiro atoms. The smallest absolute Gasteiger partial charge is 0.240 e. The van der Waals surface area contributed by atoms with E-state index in [0.29, 0.717) is 6.42 Å². The molecule has 0 radical (unpaired) electrons. The summed E-state index contributed by atoms with van der Waals surface area (Å²) in [5.74, 6) is 0.0118. The Morgan fingerprint density at radius 2 is 1.61 bits per heavy atom. The Balaban J connectivity index is 2.01. The van der Waals surface area contributed by atoms with Crippen molar-refractivity contribution in [3.8, 4) is 0 Å². The maximum atomic E-state index is 11.7. The van der Waals surface area contributed by atoms with Gasteiger partial charge in [0.15, 0.2) is 0 Å². The molecule has 23 heavy (non-hydrogen) atoms. The molecule has 1 aromatic rings. The van der Waals surface area contributed by atoms with Gasteiger partial charge in [0.05, 0.1) is 6.21 Å². The number of carbonyl (C=O) groups excluding carboxylic acids is 1. The number of aryl methyl sites for hydroxylation is 1. The summed E-state index contributed by atoms with van der Waals surface area (Å²) in [4.78, 5) is 11.7. The highest BCUT2D eigenvalue weighted by Crippen LogP contribution is 2.10. The van der Waals surface area contributed by atoms with Crippen molar-refractivity contribution in [2.45, 2.75) is 78.1 Å². The summed E-state index contributed by atoms with van der Waals surface area (Å²) in [6, 6.07) is 7.99. The van der Waals surface area contributed by atoms with E-state index >= 15 is 0 Å². The Hall–Kier alpha value is -1.64. The minimum atomic E-state index is 0.0118. The first-order valence-corrected chi connectivity index (χ1v) is 9.11. The van der Waals surface area contributed by atoms with Crippen molar-refractivity contribution in [2.24, 2.45) is 5.10 Å². The van der Waals surface area contributed by atoms with E-state index in [9.17, 15) is 4.79 Å². The Labute approximate surface area is 141 Å². The minimum Gasteiger partial charge on any atom is -0.273 e. The van der Waals surface area contributed by atoms with Gasteiger partial charge in [-0.25, -0.2) is 5.43 Å². The van der Waals surface area contributed by atoms with E-state index in [0.717, 1.165) is 24.0 Å². The third-order valence-electron chi connectivity index (χ3n) is 4.09. The number of nitrogens with zero attached hydrogens (tertiary/aromatic N) is 1. The van der Waals surface area contributed by atoms with E-state index in [2.05, 4.69) is 17.5 Å². The minimum absolute atomic E-state index is 0.0118. The molecule has 0 unspecified atom stereocenters. The van der Waals surface area contributed by atoms with Crippen molar-refractivity contribution >= 4 is 12.1 Å². The number of hydrogen-bond acceptors (Lipinski definition) is 2. The monoisotopic (exact) mass is 316 g/mol. The number of unbranched alkanes of at least 4 members (excludes halogenated alkanes) is 8. The molecule has 0 aliphatic carbocycles.